The highest BCUT2D eigenvalue weighted by Crippen LogP contribution is 2.34. The Hall–Kier alpha value is -1.80. The lowest BCUT2D eigenvalue weighted by Crippen LogP contribution is -2.14. The molecule has 1 aromatic heterocycles. The maximum Gasteiger partial charge on any atom is 0.341 e. The van der Waals surface area contributed by atoms with Crippen LogP contribution in [0.3, 0.4) is 0 Å². The summed E-state index contributed by atoms with van der Waals surface area (Å²) < 4.78 is 40.3. The van der Waals surface area contributed by atoms with Gasteiger partial charge in [0, 0.05) is 12.2 Å². The Morgan fingerprint density at radius 1 is 1.46 bits per heavy atom. The second kappa shape index (κ2) is 6.98. The number of nitrogens with zero attached hydrogens (tertiary/aromatic N) is 2. The summed E-state index contributed by atoms with van der Waals surface area (Å²) in [5, 5.41) is 4.21. The fourth-order valence-electron chi connectivity index (χ4n) is 2.68. The van der Waals surface area contributed by atoms with Crippen molar-refractivity contribution >= 4 is 21.9 Å². The zero-order valence-corrected chi connectivity index (χ0v) is 14.5. The first-order valence-corrected chi connectivity index (χ1v) is 8.29. The van der Waals surface area contributed by atoms with E-state index in [1.54, 1.807) is 6.92 Å². The molecule has 1 aliphatic heterocycles. The number of halogens is 3. The van der Waals surface area contributed by atoms with Crippen LogP contribution in [0, 0.1) is 11.6 Å². The molecule has 2 aromatic rings. The number of benzene rings is 1. The Bertz CT molecular complexity index is 773. The number of hydrogen-bond donors (Lipinski definition) is 0. The number of ether oxygens (including phenoxy) is 2. The molecule has 1 unspecified atom stereocenters. The summed E-state index contributed by atoms with van der Waals surface area (Å²) in [6.07, 6.45) is 2.00. The fraction of sp³-hybridized carbons (Fsp3) is 0.375. The van der Waals surface area contributed by atoms with E-state index >= 15 is 0 Å². The summed E-state index contributed by atoms with van der Waals surface area (Å²) in [6.45, 7) is 2.80. The van der Waals surface area contributed by atoms with E-state index in [4.69, 9.17) is 9.47 Å². The van der Waals surface area contributed by atoms with E-state index in [-0.39, 0.29) is 33.9 Å². The van der Waals surface area contributed by atoms with Crippen molar-refractivity contribution in [3.05, 3.63) is 40.0 Å². The highest BCUT2D eigenvalue weighted by Gasteiger charge is 2.28. The molecule has 1 atom stereocenters. The van der Waals surface area contributed by atoms with Gasteiger partial charge >= 0.3 is 5.97 Å². The predicted octanol–water partition coefficient (Wildman–Crippen LogP) is 3.73. The molecule has 0 radical (unpaired) electrons. The normalized spacial score (nSPS) is 17.2. The monoisotopic (exact) mass is 400 g/mol. The number of rotatable bonds is 4. The van der Waals surface area contributed by atoms with Gasteiger partial charge in [-0.3, -0.25) is 4.68 Å². The summed E-state index contributed by atoms with van der Waals surface area (Å²) in [5.41, 5.74) is 0.264. The van der Waals surface area contributed by atoms with Crippen molar-refractivity contribution in [2.75, 3.05) is 19.8 Å². The maximum atomic E-state index is 14.5. The molecule has 0 aliphatic carbocycles. The summed E-state index contributed by atoms with van der Waals surface area (Å²) in [7, 11) is 0. The zero-order valence-electron chi connectivity index (χ0n) is 12.9. The summed E-state index contributed by atoms with van der Waals surface area (Å²) in [4.78, 5) is 12.2. The first-order chi connectivity index (χ1) is 11.5. The SMILES string of the molecule is CCOC(=O)c1cnn(C2CCOC2)c1-c1cc(F)c(Br)cc1F. The molecule has 1 saturated heterocycles. The van der Waals surface area contributed by atoms with Gasteiger partial charge in [0.25, 0.3) is 0 Å². The van der Waals surface area contributed by atoms with Crippen molar-refractivity contribution < 1.29 is 23.0 Å². The highest BCUT2D eigenvalue weighted by molar-refractivity contribution is 9.10. The lowest BCUT2D eigenvalue weighted by Gasteiger charge is -2.15. The van der Waals surface area contributed by atoms with E-state index in [1.807, 2.05) is 0 Å². The number of hydrogen-bond acceptors (Lipinski definition) is 4. The van der Waals surface area contributed by atoms with E-state index in [0.29, 0.717) is 19.6 Å². The molecule has 0 N–H and O–H groups in total. The summed E-state index contributed by atoms with van der Waals surface area (Å²) in [6, 6.07) is 1.93. The van der Waals surface area contributed by atoms with Crippen LogP contribution in [0.4, 0.5) is 8.78 Å². The molecule has 0 spiro atoms. The minimum atomic E-state index is -0.658. The molecular formula is C16H15BrF2N2O3. The Balaban J connectivity index is 2.17. The van der Waals surface area contributed by atoms with Crippen LogP contribution in [0.2, 0.25) is 0 Å². The average Bonchev–Trinajstić information content (AvgIpc) is 3.19. The fourth-order valence-corrected chi connectivity index (χ4v) is 3.00. The van der Waals surface area contributed by atoms with Crippen LogP contribution in [0.25, 0.3) is 11.3 Å². The van der Waals surface area contributed by atoms with Crippen molar-refractivity contribution in [1.29, 1.82) is 0 Å². The van der Waals surface area contributed by atoms with E-state index in [0.717, 1.165) is 12.1 Å². The second-order valence-corrected chi connectivity index (χ2v) is 6.19. The Kier molecular flexibility index (Phi) is 4.96. The summed E-state index contributed by atoms with van der Waals surface area (Å²) in [5.74, 6) is -1.91. The molecular weight excluding hydrogens is 386 g/mol. The molecule has 24 heavy (non-hydrogen) atoms. The van der Waals surface area contributed by atoms with Gasteiger partial charge < -0.3 is 9.47 Å². The van der Waals surface area contributed by atoms with Crippen molar-refractivity contribution in [1.82, 2.24) is 9.78 Å². The third kappa shape index (κ3) is 3.08. The molecule has 8 heteroatoms. The number of carbonyl (C=O) groups excluding carboxylic acids is 1. The van der Waals surface area contributed by atoms with E-state index in [2.05, 4.69) is 21.0 Å². The van der Waals surface area contributed by atoms with Crippen LogP contribution in [0.1, 0.15) is 29.7 Å². The second-order valence-electron chi connectivity index (χ2n) is 5.34. The minimum absolute atomic E-state index is 0.0108. The standard InChI is InChI=1S/C16H15BrF2N2O3/c1-2-24-16(22)11-7-20-21(9-3-4-23-8-9)15(11)10-5-14(19)12(17)6-13(10)18/h5-7,9H,2-4,8H2,1H3. The maximum absolute atomic E-state index is 14.5. The highest BCUT2D eigenvalue weighted by atomic mass is 79.9. The van der Waals surface area contributed by atoms with E-state index in [9.17, 15) is 13.6 Å². The van der Waals surface area contributed by atoms with Crippen molar-refractivity contribution in [2.24, 2.45) is 0 Å². The van der Waals surface area contributed by atoms with Crippen molar-refractivity contribution in [2.45, 2.75) is 19.4 Å². The van der Waals surface area contributed by atoms with Crippen molar-refractivity contribution in [3.8, 4) is 11.3 Å². The van der Waals surface area contributed by atoms with Gasteiger partial charge in [-0.15, -0.1) is 0 Å². The number of aromatic nitrogens is 2. The molecule has 0 bridgehead atoms. The van der Waals surface area contributed by atoms with Gasteiger partial charge in [-0.25, -0.2) is 13.6 Å². The van der Waals surface area contributed by atoms with Gasteiger partial charge in [0.05, 0.1) is 35.6 Å². The van der Waals surface area contributed by atoms with Gasteiger partial charge in [-0.2, -0.15) is 5.10 Å². The van der Waals surface area contributed by atoms with Crippen molar-refractivity contribution in [3.63, 3.8) is 0 Å². The van der Waals surface area contributed by atoms with Gasteiger partial charge in [-0.05, 0) is 41.4 Å². The number of esters is 1. The van der Waals surface area contributed by atoms with Crippen LogP contribution in [0.15, 0.2) is 22.8 Å². The molecule has 2 heterocycles. The average molecular weight is 401 g/mol. The van der Waals surface area contributed by atoms with Crippen LogP contribution in [-0.2, 0) is 9.47 Å². The van der Waals surface area contributed by atoms with Crippen LogP contribution >= 0.6 is 15.9 Å². The van der Waals surface area contributed by atoms with Crippen LogP contribution in [-0.4, -0.2) is 35.6 Å². The quantitative estimate of drug-likeness (QED) is 0.579. The molecule has 128 valence electrons. The molecule has 1 aromatic carbocycles. The van der Waals surface area contributed by atoms with Crippen LogP contribution < -0.4 is 0 Å². The lowest BCUT2D eigenvalue weighted by atomic mass is 10.1. The Morgan fingerprint density at radius 3 is 2.92 bits per heavy atom. The molecule has 1 fully saturated rings. The van der Waals surface area contributed by atoms with Gasteiger partial charge in [0.1, 0.15) is 17.2 Å². The van der Waals surface area contributed by atoms with Gasteiger partial charge in [0.2, 0.25) is 0 Å². The van der Waals surface area contributed by atoms with Gasteiger partial charge in [-0.1, -0.05) is 0 Å². The third-order valence-corrected chi connectivity index (χ3v) is 4.42. The number of carbonyl (C=O) groups is 1. The third-order valence-electron chi connectivity index (χ3n) is 3.81. The van der Waals surface area contributed by atoms with E-state index in [1.165, 1.54) is 10.9 Å². The first-order valence-electron chi connectivity index (χ1n) is 7.50. The molecule has 1 aliphatic rings. The topological polar surface area (TPSA) is 53.3 Å². The Labute approximate surface area is 145 Å². The minimum Gasteiger partial charge on any atom is -0.462 e. The van der Waals surface area contributed by atoms with E-state index < -0.39 is 17.6 Å². The Morgan fingerprint density at radius 2 is 2.25 bits per heavy atom. The molecule has 5 nitrogen and oxygen atoms in total. The smallest absolute Gasteiger partial charge is 0.341 e. The lowest BCUT2D eigenvalue weighted by molar-refractivity contribution is 0.0527. The largest absolute Gasteiger partial charge is 0.462 e. The molecule has 0 saturated carbocycles. The van der Waals surface area contributed by atoms with Crippen LogP contribution in [0.5, 0.6) is 0 Å². The zero-order chi connectivity index (χ0) is 17.3. The molecule has 0 amide bonds. The predicted molar refractivity (Wildman–Crippen MR) is 85.7 cm³/mol. The molecule has 3 rings (SSSR count). The first kappa shape index (κ1) is 17.0. The summed E-state index contributed by atoms with van der Waals surface area (Å²) >= 11 is 2.95. The van der Waals surface area contributed by atoms with Gasteiger partial charge in [0.15, 0.2) is 0 Å².